The summed E-state index contributed by atoms with van der Waals surface area (Å²) >= 11 is 6.68. The van der Waals surface area contributed by atoms with E-state index in [1.54, 1.807) is 38.1 Å². The molecule has 13 heteroatoms. The molecule has 1 atom stereocenters. The first-order chi connectivity index (χ1) is 20.6. The minimum Gasteiger partial charge on any atom is -0.468 e. The van der Waals surface area contributed by atoms with E-state index < -0.39 is 19.4 Å². The Morgan fingerprint density at radius 3 is 2.56 bits per heavy atom. The van der Waals surface area contributed by atoms with Crippen LogP contribution in [0.4, 0.5) is 0 Å². The van der Waals surface area contributed by atoms with Crippen LogP contribution in [0.1, 0.15) is 12.5 Å². The summed E-state index contributed by atoms with van der Waals surface area (Å²) in [6.45, 7) is 2.92. The number of halogens is 1. The highest BCUT2D eigenvalue weighted by Gasteiger charge is 2.29. The van der Waals surface area contributed by atoms with Gasteiger partial charge in [-0.15, -0.1) is 0 Å². The number of aromatic nitrogens is 3. The van der Waals surface area contributed by atoms with Crippen LogP contribution in [0.15, 0.2) is 60.8 Å². The number of nitrogens with zero attached hydrogens (tertiary/aromatic N) is 2. The number of imidazole rings is 1. The van der Waals surface area contributed by atoms with Gasteiger partial charge in [0.25, 0.3) is 6.01 Å². The van der Waals surface area contributed by atoms with Crippen LogP contribution < -0.4 is 20.2 Å². The van der Waals surface area contributed by atoms with Crippen molar-refractivity contribution in [2.75, 3.05) is 26.8 Å². The number of aromatic amines is 1. The highest BCUT2D eigenvalue weighted by molar-refractivity contribution is 7.68. The fourth-order valence-corrected chi connectivity index (χ4v) is 7.00. The van der Waals surface area contributed by atoms with Crippen LogP contribution in [0.2, 0.25) is 5.02 Å². The predicted molar refractivity (Wildman–Crippen MR) is 166 cm³/mol. The average Bonchev–Trinajstić information content (AvgIpc) is 3.56. The van der Waals surface area contributed by atoms with Gasteiger partial charge in [0.2, 0.25) is 7.44 Å². The van der Waals surface area contributed by atoms with E-state index in [9.17, 15) is 14.2 Å². The molecule has 1 unspecified atom stereocenters. The third kappa shape index (κ3) is 6.60. The fraction of sp³-hybridized carbons (Fsp3) is 0.233. The van der Waals surface area contributed by atoms with Gasteiger partial charge >= 0.3 is 11.9 Å². The van der Waals surface area contributed by atoms with Crippen LogP contribution in [0.3, 0.4) is 0 Å². The summed E-state index contributed by atoms with van der Waals surface area (Å²) in [5.74, 6) is -0.873. The van der Waals surface area contributed by atoms with Gasteiger partial charge in [-0.25, -0.2) is 10.2 Å². The number of hydrogen-bond acceptors (Lipinski definition) is 7. The van der Waals surface area contributed by atoms with Gasteiger partial charge in [0, 0.05) is 35.0 Å². The first kappa shape index (κ1) is 30.3. The van der Waals surface area contributed by atoms with Crippen molar-refractivity contribution < 1.29 is 28.4 Å². The summed E-state index contributed by atoms with van der Waals surface area (Å²) < 4.78 is 31.8. The summed E-state index contributed by atoms with van der Waals surface area (Å²) in [7, 11) is -0.479. The average molecular weight is 624 g/mol. The summed E-state index contributed by atoms with van der Waals surface area (Å²) in [5.41, 5.74) is 4.89. The van der Waals surface area contributed by atoms with Crippen molar-refractivity contribution in [3.05, 3.63) is 71.4 Å². The molecule has 3 aromatic carbocycles. The Labute approximate surface area is 253 Å². The Hall–Kier alpha value is -4.15. The van der Waals surface area contributed by atoms with Gasteiger partial charge in [0.15, 0.2) is 0 Å². The van der Waals surface area contributed by atoms with E-state index in [4.69, 9.17) is 21.1 Å². The predicted octanol–water partition coefficient (Wildman–Crippen LogP) is 5.21. The maximum Gasteiger partial charge on any atom is 0.320 e. The smallest absolute Gasteiger partial charge is 0.320 e. The molecule has 2 aromatic heterocycles. The number of methoxy groups -OCH3 is 1. The monoisotopic (exact) mass is 623 g/mol. The number of ether oxygens (including phenoxy) is 3. The zero-order valence-electron chi connectivity index (χ0n) is 24.1. The Balaban J connectivity index is 1.43. The molecular formula is C30H31ClN5O6P. The maximum atomic E-state index is 14.1. The minimum atomic E-state index is -3.71. The Bertz CT molecular complexity index is 1880. The Morgan fingerprint density at radius 2 is 1.81 bits per heavy atom. The van der Waals surface area contributed by atoms with Gasteiger partial charge in [-0.1, -0.05) is 23.7 Å². The van der Waals surface area contributed by atoms with E-state index in [1.165, 1.54) is 7.11 Å². The zero-order valence-corrected chi connectivity index (χ0v) is 25.7. The van der Waals surface area contributed by atoms with Crippen LogP contribution >= 0.6 is 19.0 Å². The molecule has 0 spiro atoms. The van der Waals surface area contributed by atoms with Gasteiger partial charge < -0.3 is 23.8 Å². The van der Waals surface area contributed by atoms with Crippen molar-refractivity contribution >= 4 is 58.2 Å². The number of hydrogen-bond donors (Lipinski definition) is 3. The number of nitrogens with one attached hydrogen (secondary N) is 3. The van der Waals surface area contributed by atoms with E-state index >= 15 is 0 Å². The molecule has 0 saturated heterocycles. The Morgan fingerprint density at radius 1 is 1.05 bits per heavy atom. The molecule has 224 valence electrons. The van der Waals surface area contributed by atoms with Gasteiger partial charge in [-0.05, 0) is 67.4 Å². The first-order valence-electron chi connectivity index (χ1n) is 13.5. The standard InChI is InChI=1S/C30H31ClN5O6P/c1-5-41-29(38)17-33-43(39,32-16-28(37)40-4)27-13-21(8-6-18(27)2)42-30-34-24-14-22(23(31)15-25(24)35-30)19-7-9-26-20(12-19)10-11-36(26)3/h6-15H,5,16-17H2,1-4H3,(H,34,35)(H2,32,33,39). The third-order valence-electron chi connectivity index (χ3n) is 6.90. The van der Waals surface area contributed by atoms with E-state index in [1.807, 2.05) is 25.4 Å². The number of carbonyl (C=O) groups excluding carboxylic acids is 2. The zero-order chi connectivity index (χ0) is 30.7. The largest absolute Gasteiger partial charge is 0.468 e. The molecule has 5 rings (SSSR count). The second-order valence-electron chi connectivity index (χ2n) is 9.80. The lowest BCUT2D eigenvalue weighted by Crippen LogP contribution is -2.37. The third-order valence-corrected chi connectivity index (χ3v) is 9.58. The van der Waals surface area contributed by atoms with Crippen LogP contribution in [-0.4, -0.2) is 53.3 Å². The number of aryl methyl sites for hydroxylation is 2. The minimum absolute atomic E-state index is 0.176. The van der Waals surface area contributed by atoms with E-state index in [2.05, 4.69) is 47.6 Å². The van der Waals surface area contributed by atoms with Crippen molar-refractivity contribution in [3.8, 4) is 22.9 Å². The normalized spacial score (nSPS) is 12.8. The lowest BCUT2D eigenvalue weighted by molar-refractivity contribution is -0.141. The highest BCUT2D eigenvalue weighted by Crippen LogP contribution is 2.38. The van der Waals surface area contributed by atoms with E-state index in [0.29, 0.717) is 32.7 Å². The second kappa shape index (κ2) is 12.6. The van der Waals surface area contributed by atoms with Crippen molar-refractivity contribution in [3.63, 3.8) is 0 Å². The molecule has 0 radical (unpaired) electrons. The van der Waals surface area contributed by atoms with E-state index in [0.717, 1.165) is 22.0 Å². The molecule has 0 bridgehead atoms. The lowest BCUT2D eigenvalue weighted by Gasteiger charge is -2.22. The topological polar surface area (TPSA) is 137 Å². The maximum absolute atomic E-state index is 14.1. The molecule has 5 aromatic rings. The molecule has 0 aliphatic carbocycles. The molecule has 0 saturated carbocycles. The molecule has 11 nitrogen and oxygen atoms in total. The summed E-state index contributed by atoms with van der Waals surface area (Å²) in [4.78, 5) is 31.6. The molecule has 3 N–H and O–H groups in total. The van der Waals surface area contributed by atoms with Gasteiger partial charge in [0.05, 0.1) is 29.8 Å². The molecule has 0 amide bonds. The van der Waals surface area contributed by atoms with Crippen LogP contribution in [0, 0.1) is 6.92 Å². The number of rotatable bonds is 11. The van der Waals surface area contributed by atoms with E-state index in [-0.39, 0.29) is 25.7 Å². The first-order valence-corrected chi connectivity index (χ1v) is 15.5. The van der Waals surface area contributed by atoms with Crippen LogP contribution in [0.25, 0.3) is 33.1 Å². The number of benzene rings is 3. The second-order valence-corrected chi connectivity index (χ2v) is 12.5. The number of H-pyrrole nitrogens is 1. The molecule has 0 aliphatic rings. The molecule has 43 heavy (non-hydrogen) atoms. The summed E-state index contributed by atoms with van der Waals surface area (Å²) in [6.07, 6.45) is 2.01. The number of carbonyl (C=O) groups is 2. The number of esters is 2. The summed E-state index contributed by atoms with van der Waals surface area (Å²) in [5, 5.41) is 7.44. The lowest BCUT2D eigenvalue weighted by atomic mass is 10.0. The fourth-order valence-electron chi connectivity index (χ4n) is 4.69. The van der Waals surface area contributed by atoms with Crippen molar-refractivity contribution in [1.82, 2.24) is 24.7 Å². The highest BCUT2D eigenvalue weighted by atomic mass is 35.5. The molecule has 2 heterocycles. The summed E-state index contributed by atoms with van der Waals surface area (Å²) in [6, 6.07) is 17.1. The van der Waals surface area contributed by atoms with Crippen molar-refractivity contribution in [2.24, 2.45) is 7.05 Å². The van der Waals surface area contributed by atoms with Gasteiger partial charge in [0.1, 0.15) is 18.8 Å². The number of fused-ring (bicyclic) bond motifs is 2. The van der Waals surface area contributed by atoms with Gasteiger partial charge in [-0.3, -0.25) is 14.2 Å². The van der Waals surface area contributed by atoms with Crippen LogP contribution in [0.5, 0.6) is 11.8 Å². The molecular weight excluding hydrogens is 593 g/mol. The van der Waals surface area contributed by atoms with Crippen molar-refractivity contribution in [1.29, 1.82) is 0 Å². The SMILES string of the molecule is CCOC(=O)CNP(=O)(NCC(=O)OC)c1cc(Oc2nc3cc(-c4ccc5c(ccn5C)c4)c(Cl)cc3[nH]2)ccc1C. The molecule has 0 fully saturated rings. The quantitative estimate of drug-likeness (QED) is 0.134. The van der Waals surface area contributed by atoms with Crippen molar-refractivity contribution in [2.45, 2.75) is 13.8 Å². The van der Waals surface area contributed by atoms with Crippen LogP contribution in [-0.2, 0) is 30.7 Å². The molecule has 0 aliphatic heterocycles. The van der Waals surface area contributed by atoms with Gasteiger partial charge in [-0.2, -0.15) is 4.98 Å². The Kier molecular flexibility index (Phi) is 8.89.